The average Bonchev–Trinajstić information content (AvgIpc) is 3.37. The Bertz CT molecular complexity index is 1090. The number of nitrogens with one attached hydrogen (secondary N) is 4. The molecule has 9 N–H and O–H groups in total. The van der Waals surface area contributed by atoms with Crippen LogP contribution in [-0.4, -0.2) is 85.2 Å². The Hall–Kier alpha value is -4.30. The molecule has 0 radical (unpaired) electrons. The molecule has 1 heterocycles. The molecular weight excluding hydrogens is 500 g/mol. The van der Waals surface area contributed by atoms with Crippen molar-refractivity contribution in [1.29, 1.82) is 0 Å². The first-order valence-electron chi connectivity index (χ1n) is 11.8. The molecule has 0 aliphatic rings. The fourth-order valence-corrected chi connectivity index (χ4v) is 3.51. The quantitative estimate of drug-likeness (QED) is 0.129. The van der Waals surface area contributed by atoms with Gasteiger partial charge in [-0.1, -0.05) is 30.3 Å². The average molecular weight is 533 g/mol. The lowest BCUT2D eigenvalue weighted by molar-refractivity contribution is -0.144. The van der Waals surface area contributed by atoms with E-state index in [-0.39, 0.29) is 12.8 Å². The molecule has 1 aromatic heterocycles. The summed E-state index contributed by atoms with van der Waals surface area (Å²) in [6, 6.07) is 3.62. The second-order valence-electron chi connectivity index (χ2n) is 8.70. The fourth-order valence-electron chi connectivity index (χ4n) is 3.51. The van der Waals surface area contributed by atoms with Gasteiger partial charge >= 0.3 is 11.9 Å². The van der Waals surface area contributed by atoms with Gasteiger partial charge in [0.25, 0.3) is 0 Å². The second kappa shape index (κ2) is 14.4. The van der Waals surface area contributed by atoms with Crippen LogP contribution in [0.15, 0.2) is 42.9 Å². The number of aromatic nitrogens is 2. The highest BCUT2D eigenvalue weighted by Crippen LogP contribution is 2.06. The van der Waals surface area contributed by atoms with Crippen molar-refractivity contribution in [3.8, 4) is 0 Å². The number of nitrogens with zero attached hydrogens (tertiary/aromatic N) is 1. The van der Waals surface area contributed by atoms with Gasteiger partial charge < -0.3 is 42.0 Å². The van der Waals surface area contributed by atoms with E-state index in [0.29, 0.717) is 5.69 Å². The monoisotopic (exact) mass is 532 g/mol. The van der Waals surface area contributed by atoms with Crippen molar-refractivity contribution in [1.82, 2.24) is 25.9 Å². The van der Waals surface area contributed by atoms with E-state index < -0.39 is 72.8 Å². The van der Waals surface area contributed by atoms with Gasteiger partial charge in [-0.15, -0.1) is 0 Å². The number of H-pyrrole nitrogens is 1. The van der Waals surface area contributed by atoms with E-state index in [1.54, 1.807) is 24.3 Å². The Morgan fingerprint density at radius 2 is 1.61 bits per heavy atom. The van der Waals surface area contributed by atoms with Crippen LogP contribution < -0.4 is 21.7 Å². The van der Waals surface area contributed by atoms with Crippen LogP contribution in [0, 0.1) is 0 Å². The molecule has 0 fully saturated rings. The number of aliphatic carboxylic acids is 2. The van der Waals surface area contributed by atoms with E-state index in [9.17, 15) is 34.2 Å². The number of carbonyl (C=O) groups is 5. The van der Waals surface area contributed by atoms with Crippen molar-refractivity contribution >= 4 is 29.7 Å². The first-order valence-corrected chi connectivity index (χ1v) is 11.8. The van der Waals surface area contributed by atoms with Crippen molar-refractivity contribution in [2.75, 3.05) is 0 Å². The zero-order valence-corrected chi connectivity index (χ0v) is 20.7. The van der Waals surface area contributed by atoms with Gasteiger partial charge in [0.2, 0.25) is 17.7 Å². The summed E-state index contributed by atoms with van der Waals surface area (Å²) in [5.74, 6) is -5.26. The highest BCUT2D eigenvalue weighted by Gasteiger charge is 2.33. The third-order valence-corrected chi connectivity index (χ3v) is 5.57. The number of aliphatic hydroxyl groups excluding tert-OH is 1. The number of imidazole rings is 1. The van der Waals surface area contributed by atoms with Crippen molar-refractivity contribution in [2.45, 2.75) is 62.9 Å². The van der Waals surface area contributed by atoms with E-state index in [2.05, 4.69) is 25.9 Å². The number of aliphatic hydroxyl groups is 1. The van der Waals surface area contributed by atoms with Crippen molar-refractivity contribution in [3.63, 3.8) is 0 Å². The number of carboxylic acid groups (broad SMARTS) is 2. The summed E-state index contributed by atoms with van der Waals surface area (Å²) in [6.45, 7) is 1.20. The predicted molar refractivity (Wildman–Crippen MR) is 132 cm³/mol. The summed E-state index contributed by atoms with van der Waals surface area (Å²) in [4.78, 5) is 67.6. The van der Waals surface area contributed by atoms with Crippen molar-refractivity contribution in [3.05, 3.63) is 54.1 Å². The summed E-state index contributed by atoms with van der Waals surface area (Å²) in [7, 11) is 0. The molecule has 38 heavy (non-hydrogen) atoms. The van der Waals surface area contributed by atoms with Crippen LogP contribution in [0.5, 0.6) is 0 Å². The summed E-state index contributed by atoms with van der Waals surface area (Å²) in [5, 5.41) is 35.2. The van der Waals surface area contributed by atoms with Crippen molar-refractivity contribution in [2.24, 2.45) is 5.73 Å². The first kappa shape index (κ1) is 29.9. The zero-order valence-electron chi connectivity index (χ0n) is 20.7. The zero-order chi connectivity index (χ0) is 28.2. The number of hydrogen-bond acceptors (Lipinski definition) is 8. The van der Waals surface area contributed by atoms with E-state index in [1.807, 2.05) is 6.07 Å². The van der Waals surface area contributed by atoms with Gasteiger partial charge in [0.1, 0.15) is 18.1 Å². The van der Waals surface area contributed by atoms with Crippen LogP contribution in [0.2, 0.25) is 0 Å². The van der Waals surface area contributed by atoms with Gasteiger partial charge in [-0.3, -0.25) is 19.2 Å². The molecule has 1 aromatic carbocycles. The lowest BCUT2D eigenvalue weighted by atomic mass is 10.0. The lowest BCUT2D eigenvalue weighted by Gasteiger charge is -2.26. The molecule has 2 rings (SSSR count). The van der Waals surface area contributed by atoms with Crippen molar-refractivity contribution < 1.29 is 39.3 Å². The van der Waals surface area contributed by atoms with Gasteiger partial charge in [-0.25, -0.2) is 9.78 Å². The molecule has 5 atom stereocenters. The number of amides is 3. The smallest absolute Gasteiger partial charge is 0.326 e. The number of carboxylic acids is 2. The molecule has 0 saturated carbocycles. The molecule has 0 aliphatic heterocycles. The summed E-state index contributed by atoms with van der Waals surface area (Å²) in [6.07, 6.45) is 0.574. The van der Waals surface area contributed by atoms with Crippen LogP contribution in [0.1, 0.15) is 31.0 Å². The minimum absolute atomic E-state index is 0.0554. The Balaban J connectivity index is 2.14. The summed E-state index contributed by atoms with van der Waals surface area (Å²) < 4.78 is 0. The second-order valence-corrected chi connectivity index (χ2v) is 8.70. The Labute approximate surface area is 218 Å². The molecule has 14 heteroatoms. The molecule has 206 valence electrons. The van der Waals surface area contributed by atoms with Gasteiger partial charge in [0, 0.05) is 24.7 Å². The predicted octanol–water partition coefficient (Wildman–Crippen LogP) is -1.69. The fraction of sp³-hybridized carbons (Fsp3) is 0.417. The van der Waals surface area contributed by atoms with Crippen LogP contribution in [0.3, 0.4) is 0 Å². The van der Waals surface area contributed by atoms with Gasteiger partial charge in [-0.05, 0) is 25.3 Å². The number of nitrogens with two attached hydrogens (primary N) is 1. The van der Waals surface area contributed by atoms with E-state index in [1.165, 1.54) is 19.4 Å². The highest BCUT2D eigenvalue weighted by molar-refractivity contribution is 5.94. The molecule has 0 saturated heterocycles. The molecule has 14 nitrogen and oxygen atoms in total. The maximum atomic E-state index is 13.2. The molecule has 0 spiro atoms. The molecule has 5 unspecified atom stereocenters. The normalized spacial score (nSPS) is 14.8. The topological polar surface area (TPSA) is 237 Å². The number of benzene rings is 1. The summed E-state index contributed by atoms with van der Waals surface area (Å²) >= 11 is 0. The van der Waals surface area contributed by atoms with Gasteiger partial charge in [0.05, 0.1) is 18.5 Å². The van der Waals surface area contributed by atoms with Gasteiger partial charge in [0.15, 0.2) is 0 Å². The summed E-state index contributed by atoms with van der Waals surface area (Å²) in [5.41, 5.74) is 7.33. The van der Waals surface area contributed by atoms with Crippen LogP contribution in [0.25, 0.3) is 0 Å². The number of rotatable bonds is 15. The Kier molecular flexibility index (Phi) is 11.4. The molecule has 3 amide bonds. The van der Waals surface area contributed by atoms with E-state index in [4.69, 9.17) is 10.8 Å². The van der Waals surface area contributed by atoms with Gasteiger partial charge in [-0.2, -0.15) is 0 Å². The maximum Gasteiger partial charge on any atom is 0.326 e. The van der Waals surface area contributed by atoms with Crippen LogP contribution >= 0.6 is 0 Å². The van der Waals surface area contributed by atoms with Crippen LogP contribution in [-0.2, 0) is 36.8 Å². The Morgan fingerprint density at radius 1 is 0.947 bits per heavy atom. The SMILES string of the molecule is CC(O)C(NC(=O)C(Cc1cnc[nH]1)NC(=O)C(N)Cc1ccccc1)C(=O)NC(CCC(=O)O)C(=O)O. The minimum Gasteiger partial charge on any atom is -0.481 e. The number of aromatic amines is 1. The highest BCUT2D eigenvalue weighted by atomic mass is 16.4. The minimum atomic E-state index is -1.60. The van der Waals surface area contributed by atoms with Crippen LogP contribution in [0.4, 0.5) is 0 Å². The Morgan fingerprint density at radius 3 is 2.16 bits per heavy atom. The lowest BCUT2D eigenvalue weighted by Crippen LogP contribution is -2.60. The van der Waals surface area contributed by atoms with E-state index in [0.717, 1.165) is 5.56 Å². The molecule has 0 aliphatic carbocycles. The molecule has 2 aromatic rings. The largest absolute Gasteiger partial charge is 0.481 e. The third kappa shape index (κ3) is 9.63. The molecule has 0 bridgehead atoms. The third-order valence-electron chi connectivity index (χ3n) is 5.57. The standard InChI is InChI=1S/C24H32N6O8/c1-13(31)20(23(36)28-17(24(37)38)7-8-19(32)33)30-22(35)18(10-15-11-26-12-27-15)29-21(34)16(25)9-14-5-3-2-4-6-14/h2-6,11-13,16-18,20,31H,7-10,25H2,1H3,(H,26,27)(H,28,36)(H,29,34)(H,30,35)(H,32,33)(H,37,38). The number of hydrogen-bond donors (Lipinski definition) is 8. The maximum absolute atomic E-state index is 13.2. The molecular formula is C24H32N6O8. The first-order chi connectivity index (χ1) is 18.0. The number of carbonyl (C=O) groups excluding carboxylic acids is 3. The van der Waals surface area contributed by atoms with E-state index >= 15 is 0 Å².